The van der Waals surface area contributed by atoms with Gasteiger partial charge < -0.3 is 0 Å². The summed E-state index contributed by atoms with van der Waals surface area (Å²) in [5.74, 6) is 1.48. The van der Waals surface area contributed by atoms with Crippen LogP contribution in [0.1, 0.15) is 20.3 Å². The molecule has 2 rings (SSSR count). The zero-order valence-corrected chi connectivity index (χ0v) is 7.78. The minimum atomic E-state index is 0.261. The zero-order chi connectivity index (χ0) is 7.52. The molecular weight excluding hydrogens is 167 g/mol. The molecule has 0 aromatic heterocycles. The molecule has 0 aliphatic heterocycles. The highest BCUT2D eigenvalue weighted by Gasteiger charge is 2.74. The first-order chi connectivity index (χ1) is 4.63. The van der Waals surface area contributed by atoms with E-state index in [1.54, 1.807) is 0 Å². The molecule has 0 aromatic rings. The van der Waals surface area contributed by atoms with Crippen LogP contribution in [0.2, 0.25) is 0 Å². The van der Waals surface area contributed by atoms with Crippen molar-refractivity contribution >= 4 is 23.2 Å². The number of rotatable bonds is 1. The van der Waals surface area contributed by atoms with Crippen molar-refractivity contribution in [1.82, 2.24) is 0 Å². The van der Waals surface area contributed by atoms with Crippen LogP contribution >= 0.6 is 23.2 Å². The summed E-state index contributed by atoms with van der Waals surface area (Å²) in [6, 6.07) is 0. The quantitative estimate of drug-likeness (QED) is 0.543. The van der Waals surface area contributed by atoms with Crippen LogP contribution in [-0.2, 0) is 0 Å². The van der Waals surface area contributed by atoms with Gasteiger partial charge in [0.2, 0.25) is 0 Å². The maximum atomic E-state index is 6.02. The minimum Gasteiger partial charge on any atom is -0.121 e. The van der Waals surface area contributed by atoms with Gasteiger partial charge in [-0.25, -0.2) is 0 Å². The van der Waals surface area contributed by atoms with Gasteiger partial charge in [0.1, 0.15) is 0 Å². The summed E-state index contributed by atoms with van der Waals surface area (Å²) in [6.07, 6.45) is 1.23. The van der Waals surface area contributed by atoms with Crippen LogP contribution in [0.25, 0.3) is 0 Å². The van der Waals surface area contributed by atoms with Crippen LogP contribution in [0.5, 0.6) is 0 Å². The Morgan fingerprint density at radius 2 is 1.60 bits per heavy atom. The zero-order valence-electron chi connectivity index (χ0n) is 6.27. The average Bonchev–Trinajstić information content (AvgIpc) is 2.53. The third-order valence-corrected chi connectivity index (χ3v) is 4.77. The topological polar surface area (TPSA) is 0 Å². The van der Waals surface area contributed by atoms with E-state index in [0.29, 0.717) is 5.41 Å². The molecule has 2 aliphatic carbocycles. The maximum absolute atomic E-state index is 6.02. The number of hydrogen-bond donors (Lipinski definition) is 0. The standard InChI is InChI=1S/C8H12Cl2/c1-3-8(2)4-5(8)7(10)6(4)9/h4-7H,3H2,1-2H3. The van der Waals surface area contributed by atoms with Crippen LogP contribution < -0.4 is 0 Å². The molecule has 10 heavy (non-hydrogen) atoms. The molecule has 2 heteroatoms. The number of halogens is 2. The monoisotopic (exact) mass is 178 g/mol. The van der Waals surface area contributed by atoms with E-state index in [2.05, 4.69) is 13.8 Å². The molecule has 4 atom stereocenters. The number of alkyl halides is 2. The molecule has 0 saturated heterocycles. The van der Waals surface area contributed by atoms with Gasteiger partial charge in [-0.3, -0.25) is 0 Å². The Kier molecular flexibility index (Phi) is 1.33. The third-order valence-electron chi connectivity index (χ3n) is 3.55. The lowest BCUT2D eigenvalue weighted by atomic mass is 9.99. The minimum absolute atomic E-state index is 0.261. The summed E-state index contributed by atoms with van der Waals surface area (Å²) in [6.45, 7) is 4.53. The van der Waals surface area contributed by atoms with Gasteiger partial charge in [-0.05, 0) is 17.3 Å². The van der Waals surface area contributed by atoms with E-state index in [-0.39, 0.29) is 10.8 Å². The van der Waals surface area contributed by atoms with Crippen LogP contribution in [-0.4, -0.2) is 10.8 Å². The molecule has 0 heterocycles. The highest BCUT2D eigenvalue weighted by Crippen LogP contribution is 2.74. The number of fused-ring (bicyclic) bond motifs is 1. The summed E-state index contributed by atoms with van der Waals surface area (Å²) in [7, 11) is 0. The van der Waals surface area contributed by atoms with Gasteiger partial charge in [0.25, 0.3) is 0 Å². The van der Waals surface area contributed by atoms with Crippen molar-refractivity contribution in [1.29, 1.82) is 0 Å². The predicted molar refractivity (Wildman–Crippen MR) is 44.7 cm³/mol. The summed E-state index contributed by atoms with van der Waals surface area (Å²) in [5.41, 5.74) is 0.499. The van der Waals surface area contributed by atoms with E-state index >= 15 is 0 Å². The fraction of sp³-hybridized carbons (Fsp3) is 1.00. The van der Waals surface area contributed by atoms with Crippen molar-refractivity contribution < 1.29 is 0 Å². The maximum Gasteiger partial charge on any atom is 0.0539 e. The SMILES string of the molecule is CCC1(C)C2C(Cl)C(Cl)C21. The summed E-state index contributed by atoms with van der Waals surface area (Å²) < 4.78 is 0. The molecule has 0 N–H and O–H groups in total. The first-order valence-electron chi connectivity index (χ1n) is 3.91. The fourth-order valence-electron chi connectivity index (χ4n) is 2.48. The second kappa shape index (κ2) is 1.84. The first kappa shape index (κ1) is 7.24. The van der Waals surface area contributed by atoms with Crippen molar-refractivity contribution in [2.45, 2.75) is 31.0 Å². The highest BCUT2D eigenvalue weighted by atomic mass is 35.5. The molecule has 0 nitrogen and oxygen atoms in total. The van der Waals surface area contributed by atoms with Crippen LogP contribution in [0.15, 0.2) is 0 Å². The van der Waals surface area contributed by atoms with E-state index in [1.807, 2.05) is 0 Å². The van der Waals surface area contributed by atoms with Gasteiger partial charge in [-0.15, -0.1) is 23.2 Å². The fourth-order valence-corrected chi connectivity index (χ4v) is 3.69. The molecule has 58 valence electrons. The normalized spacial score (nSPS) is 64.8. The summed E-state index contributed by atoms with van der Waals surface area (Å²) >= 11 is 12.0. The van der Waals surface area contributed by atoms with Crippen LogP contribution in [0.4, 0.5) is 0 Å². The predicted octanol–water partition coefficient (Wildman–Crippen LogP) is 2.88. The van der Waals surface area contributed by atoms with Gasteiger partial charge in [0.15, 0.2) is 0 Å². The largest absolute Gasteiger partial charge is 0.121 e. The Morgan fingerprint density at radius 1 is 1.20 bits per heavy atom. The van der Waals surface area contributed by atoms with Crippen molar-refractivity contribution in [3.05, 3.63) is 0 Å². The smallest absolute Gasteiger partial charge is 0.0539 e. The summed E-state index contributed by atoms with van der Waals surface area (Å²) in [5, 5.41) is 0.522. The highest BCUT2D eigenvalue weighted by molar-refractivity contribution is 6.32. The molecular formula is C8H12Cl2. The van der Waals surface area contributed by atoms with E-state index < -0.39 is 0 Å². The second-order valence-corrected chi connectivity index (χ2v) is 4.81. The van der Waals surface area contributed by atoms with Gasteiger partial charge in [0, 0.05) is 0 Å². The van der Waals surface area contributed by atoms with Gasteiger partial charge in [-0.2, -0.15) is 0 Å². The van der Waals surface area contributed by atoms with Crippen LogP contribution in [0.3, 0.4) is 0 Å². The number of hydrogen-bond acceptors (Lipinski definition) is 0. The van der Waals surface area contributed by atoms with Crippen molar-refractivity contribution in [3.8, 4) is 0 Å². The Morgan fingerprint density at radius 3 is 1.80 bits per heavy atom. The molecule has 2 saturated carbocycles. The lowest BCUT2D eigenvalue weighted by Crippen LogP contribution is -2.30. The van der Waals surface area contributed by atoms with Crippen LogP contribution in [0, 0.1) is 17.3 Å². The Labute approximate surface area is 71.9 Å². The lowest BCUT2D eigenvalue weighted by molar-refractivity contribution is 0.488. The van der Waals surface area contributed by atoms with Gasteiger partial charge >= 0.3 is 0 Å². The molecule has 0 aromatic carbocycles. The van der Waals surface area contributed by atoms with Crippen molar-refractivity contribution in [3.63, 3.8) is 0 Å². The van der Waals surface area contributed by atoms with E-state index in [9.17, 15) is 0 Å². The molecule has 2 fully saturated rings. The van der Waals surface area contributed by atoms with E-state index in [0.717, 1.165) is 11.8 Å². The molecule has 4 unspecified atom stereocenters. The summed E-state index contributed by atoms with van der Waals surface area (Å²) in [4.78, 5) is 0. The average molecular weight is 179 g/mol. The van der Waals surface area contributed by atoms with Gasteiger partial charge in [0.05, 0.1) is 10.8 Å². The molecule has 0 bridgehead atoms. The van der Waals surface area contributed by atoms with E-state index in [4.69, 9.17) is 23.2 Å². The second-order valence-electron chi connectivity index (χ2n) is 3.80. The molecule has 0 spiro atoms. The van der Waals surface area contributed by atoms with Crippen molar-refractivity contribution in [2.24, 2.45) is 17.3 Å². The van der Waals surface area contributed by atoms with Gasteiger partial charge in [-0.1, -0.05) is 20.3 Å². The molecule has 0 amide bonds. The molecule has 2 aliphatic rings. The Bertz CT molecular complexity index is 153. The Balaban J connectivity index is 2.11. The molecule has 0 radical (unpaired) electrons. The third kappa shape index (κ3) is 0.563. The lowest BCUT2D eigenvalue weighted by Gasteiger charge is -2.24. The first-order valence-corrected chi connectivity index (χ1v) is 4.78. The van der Waals surface area contributed by atoms with Crippen molar-refractivity contribution in [2.75, 3.05) is 0 Å². The Hall–Kier alpha value is 0.580. The van der Waals surface area contributed by atoms with E-state index in [1.165, 1.54) is 6.42 Å².